The lowest BCUT2D eigenvalue weighted by Crippen LogP contribution is -2.42. The van der Waals surface area contributed by atoms with Crippen molar-refractivity contribution >= 4 is 17.3 Å². The van der Waals surface area contributed by atoms with Crippen molar-refractivity contribution in [2.75, 3.05) is 17.2 Å². The van der Waals surface area contributed by atoms with Gasteiger partial charge in [-0.3, -0.25) is 4.79 Å². The molecule has 0 aliphatic heterocycles. The highest BCUT2D eigenvalue weighted by Crippen LogP contribution is 2.27. The summed E-state index contributed by atoms with van der Waals surface area (Å²) in [6.07, 6.45) is -4.48. The Kier molecular flexibility index (Phi) is 3.98. The predicted molar refractivity (Wildman–Crippen MR) is 59.6 cm³/mol. The van der Waals surface area contributed by atoms with Gasteiger partial charge in [0.1, 0.15) is 0 Å². The number of rotatable bonds is 3. The smallest absolute Gasteiger partial charge is 0.397 e. The van der Waals surface area contributed by atoms with Crippen molar-refractivity contribution in [3.63, 3.8) is 0 Å². The third kappa shape index (κ3) is 3.12. The van der Waals surface area contributed by atoms with Gasteiger partial charge in [0, 0.05) is 6.54 Å². The number of alkyl halides is 3. The summed E-state index contributed by atoms with van der Waals surface area (Å²) < 4.78 is 37.2. The molecule has 1 rings (SSSR count). The van der Waals surface area contributed by atoms with Gasteiger partial charge in [-0.15, -0.1) is 0 Å². The molecule has 17 heavy (non-hydrogen) atoms. The van der Waals surface area contributed by atoms with Gasteiger partial charge in [0.25, 0.3) is 0 Å². The number of halogens is 3. The summed E-state index contributed by atoms with van der Waals surface area (Å²) >= 11 is 0. The van der Waals surface area contributed by atoms with E-state index in [9.17, 15) is 18.0 Å². The molecule has 1 aromatic rings. The Morgan fingerprint density at radius 1 is 1.35 bits per heavy atom. The zero-order valence-corrected chi connectivity index (χ0v) is 9.29. The van der Waals surface area contributed by atoms with E-state index in [0.29, 0.717) is 11.3 Å². The highest BCUT2D eigenvalue weighted by atomic mass is 19.4. The van der Waals surface area contributed by atoms with Gasteiger partial charge in [-0.1, -0.05) is 19.1 Å². The highest BCUT2D eigenvalue weighted by Gasteiger charge is 2.43. The molecule has 0 aliphatic rings. The second kappa shape index (κ2) is 5.07. The van der Waals surface area contributed by atoms with Crippen LogP contribution in [-0.2, 0) is 4.79 Å². The van der Waals surface area contributed by atoms with E-state index >= 15 is 0 Å². The fourth-order valence-electron chi connectivity index (χ4n) is 1.44. The lowest BCUT2D eigenvalue weighted by atomic mass is 10.2. The van der Waals surface area contributed by atoms with Gasteiger partial charge in [0.05, 0.1) is 11.4 Å². The topological polar surface area (TPSA) is 46.3 Å². The van der Waals surface area contributed by atoms with Gasteiger partial charge in [0.2, 0.25) is 0 Å². The molecule has 0 unspecified atom stereocenters. The third-order valence-corrected chi connectivity index (χ3v) is 2.16. The van der Waals surface area contributed by atoms with Gasteiger partial charge >= 0.3 is 12.1 Å². The Hall–Kier alpha value is -1.72. The normalized spacial score (nSPS) is 11.3. The fraction of sp³-hybridized carbons (Fsp3) is 0.364. The molecular formula is C11H13F3N2O. The average molecular weight is 246 g/mol. The van der Waals surface area contributed by atoms with Crippen LogP contribution in [0.1, 0.15) is 13.3 Å². The molecule has 2 N–H and O–H groups in total. The van der Waals surface area contributed by atoms with E-state index < -0.39 is 12.1 Å². The summed E-state index contributed by atoms with van der Waals surface area (Å²) in [6, 6.07) is 6.00. The Bertz CT molecular complexity index is 404. The summed E-state index contributed by atoms with van der Waals surface area (Å²) in [7, 11) is 0. The largest absolute Gasteiger partial charge is 0.471 e. The van der Waals surface area contributed by atoms with Crippen molar-refractivity contribution in [1.29, 1.82) is 0 Å². The van der Waals surface area contributed by atoms with E-state index in [1.807, 2.05) is 0 Å². The molecule has 0 bridgehead atoms. The number of nitrogens with two attached hydrogens (primary N) is 1. The monoisotopic (exact) mass is 246 g/mol. The summed E-state index contributed by atoms with van der Waals surface area (Å²) in [5, 5.41) is 0. The van der Waals surface area contributed by atoms with Crippen LogP contribution in [0.25, 0.3) is 0 Å². The van der Waals surface area contributed by atoms with E-state index in [-0.39, 0.29) is 17.9 Å². The number of nitrogen functional groups attached to an aromatic ring is 1. The van der Waals surface area contributed by atoms with Crippen LogP contribution in [0, 0.1) is 0 Å². The Morgan fingerprint density at radius 2 is 1.94 bits per heavy atom. The molecule has 94 valence electrons. The van der Waals surface area contributed by atoms with Gasteiger partial charge in [0.15, 0.2) is 0 Å². The molecule has 0 aromatic heterocycles. The van der Waals surface area contributed by atoms with Crippen LogP contribution in [-0.4, -0.2) is 18.6 Å². The molecule has 0 atom stereocenters. The van der Waals surface area contributed by atoms with E-state index in [1.54, 1.807) is 13.0 Å². The summed E-state index contributed by atoms with van der Waals surface area (Å²) in [5.74, 6) is -1.89. The van der Waals surface area contributed by atoms with Crippen LogP contribution in [0.4, 0.5) is 24.5 Å². The highest BCUT2D eigenvalue weighted by molar-refractivity contribution is 5.99. The molecule has 0 radical (unpaired) electrons. The van der Waals surface area contributed by atoms with Crippen LogP contribution in [0.2, 0.25) is 0 Å². The number of hydrogen-bond acceptors (Lipinski definition) is 2. The van der Waals surface area contributed by atoms with Crippen molar-refractivity contribution in [2.45, 2.75) is 19.5 Å². The van der Waals surface area contributed by atoms with Crippen LogP contribution in [0.5, 0.6) is 0 Å². The minimum Gasteiger partial charge on any atom is -0.397 e. The second-order valence-electron chi connectivity index (χ2n) is 3.51. The van der Waals surface area contributed by atoms with E-state index in [2.05, 4.69) is 0 Å². The maximum Gasteiger partial charge on any atom is 0.471 e. The number of carbonyl (C=O) groups excluding carboxylic acids is 1. The van der Waals surface area contributed by atoms with Crippen LogP contribution < -0.4 is 10.6 Å². The summed E-state index contributed by atoms with van der Waals surface area (Å²) in [4.78, 5) is 11.9. The van der Waals surface area contributed by atoms with E-state index in [4.69, 9.17) is 5.73 Å². The first-order valence-corrected chi connectivity index (χ1v) is 5.11. The lowest BCUT2D eigenvalue weighted by Gasteiger charge is -2.24. The van der Waals surface area contributed by atoms with Gasteiger partial charge in [-0.2, -0.15) is 13.2 Å². The van der Waals surface area contributed by atoms with Crippen molar-refractivity contribution in [3.8, 4) is 0 Å². The number of amides is 1. The number of anilines is 2. The second-order valence-corrected chi connectivity index (χ2v) is 3.51. The van der Waals surface area contributed by atoms with Crippen molar-refractivity contribution in [3.05, 3.63) is 24.3 Å². The first kappa shape index (κ1) is 13.3. The lowest BCUT2D eigenvalue weighted by molar-refractivity contribution is -0.170. The number of benzene rings is 1. The fourth-order valence-corrected chi connectivity index (χ4v) is 1.44. The summed E-state index contributed by atoms with van der Waals surface area (Å²) in [6.45, 7) is 1.67. The number of nitrogens with zero attached hydrogens (tertiary/aromatic N) is 1. The SMILES string of the molecule is CCCN(C(=O)C(F)(F)F)c1ccccc1N. The zero-order chi connectivity index (χ0) is 13.1. The molecule has 0 saturated carbocycles. The quantitative estimate of drug-likeness (QED) is 0.833. The minimum absolute atomic E-state index is 0.0213. The van der Waals surface area contributed by atoms with Gasteiger partial charge < -0.3 is 10.6 Å². The van der Waals surface area contributed by atoms with E-state index in [0.717, 1.165) is 0 Å². The van der Waals surface area contributed by atoms with Crippen LogP contribution >= 0.6 is 0 Å². The molecule has 0 spiro atoms. The Labute approximate surface area is 97.0 Å². The molecular weight excluding hydrogens is 233 g/mol. The van der Waals surface area contributed by atoms with Crippen molar-refractivity contribution in [2.24, 2.45) is 0 Å². The minimum atomic E-state index is -4.89. The van der Waals surface area contributed by atoms with E-state index in [1.165, 1.54) is 18.2 Å². The van der Waals surface area contributed by atoms with Gasteiger partial charge in [-0.05, 0) is 18.6 Å². The molecule has 0 saturated heterocycles. The first-order chi connectivity index (χ1) is 7.88. The standard InChI is InChI=1S/C11H13F3N2O/c1-2-7-16(10(17)11(12,13)14)9-6-4-3-5-8(9)15/h3-6H,2,7,15H2,1H3. The molecule has 0 aliphatic carbocycles. The van der Waals surface area contributed by atoms with Crippen molar-refractivity contribution < 1.29 is 18.0 Å². The number of carbonyl (C=O) groups is 1. The first-order valence-electron chi connectivity index (χ1n) is 5.11. The Balaban J connectivity index is 3.10. The molecule has 1 amide bonds. The average Bonchev–Trinajstić information content (AvgIpc) is 2.25. The molecule has 6 heteroatoms. The van der Waals surface area contributed by atoms with Gasteiger partial charge in [-0.25, -0.2) is 0 Å². The molecule has 1 aromatic carbocycles. The molecule has 0 fully saturated rings. The predicted octanol–water partition coefficient (Wildman–Crippen LogP) is 2.57. The Morgan fingerprint density at radius 3 is 2.41 bits per heavy atom. The number of hydrogen-bond donors (Lipinski definition) is 1. The van der Waals surface area contributed by atoms with Crippen LogP contribution in [0.3, 0.4) is 0 Å². The molecule has 0 heterocycles. The molecule has 3 nitrogen and oxygen atoms in total. The zero-order valence-electron chi connectivity index (χ0n) is 9.29. The maximum absolute atomic E-state index is 12.4. The summed E-state index contributed by atoms with van der Waals surface area (Å²) in [5.41, 5.74) is 5.82. The van der Waals surface area contributed by atoms with Crippen molar-refractivity contribution in [1.82, 2.24) is 0 Å². The number of para-hydroxylation sites is 2. The maximum atomic E-state index is 12.4. The third-order valence-electron chi connectivity index (χ3n) is 2.16. The van der Waals surface area contributed by atoms with Crippen LogP contribution in [0.15, 0.2) is 24.3 Å².